The summed E-state index contributed by atoms with van der Waals surface area (Å²) in [5, 5.41) is 0. The first-order valence-electron chi connectivity index (χ1n) is 5.92. The summed E-state index contributed by atoms with van der Waals surface area (Å²) in [6, 6.07) is 0. The van der Waals surface area contributed by atoms with E-state index in [0.717, 1.165) is 4.57 Å². The van der Waals surface area contributed by atoms with E-state index in [1.807, 2.05) is 13.8 Å². The van der Waals surface area contributed by atoms with Gasteiger partial charge in [0.15, 0.2) is 5.78 Å². The molecule has 0 radical (unpaired) electrons. The van der Waals surface area contributed by atoms with E-state index in [4.69, 9.17) is 5.73 Å². The molecule has 0 aliphatic rings. The molecule has 0 bridgehead atoms. The van der Waals surface area contributed by atoms with Crippen molar-refractivity contribution in [3.05, 3.63) is 26.4 Å². The number of hydrogen-bond donors (Lipinski definition) is 1. The molecule has 1 aromatic heterocycles. The van der Waals surface area contributed by atoms with E-state index in [1.165, 1.54) is 23.4 Å². The van der Waals surface area contributed by atoms with Gasteiger partial charge >= 0.3 is 5.69 Å². The van der Waals surface area contributed by atoms with E-state index in [2.05, 4.69) is 0 Å². The Bertz CT molecular complexity index is 601. The third-order valence-electron chi connectivity index (χ3n) is 2.69. The lowest BCUT2D eigenvalue weighted by Gasteiger charge is -2.15. The van der Waals surface area contributed by atoms with Gasteiger partial charge in [0.25, 0.3) is 5.56 Å². The van der Waals surface area contributed by atoms with Crippen LogP contribution in [0.2, 0.25) is 0 Å². The second-order valence-electron chi connectivity index (χ2n) is 4.77. The minimum Gasteiger partial charge on any atom is -0.384 e. The van der Waals surface area contributed by atoms with E-state index in [1.54, 1.807) is 6.26 Å². The third-order valence-corrected chi connectivity index (χ3v) is 3.24. The summed E-state index contributed by atoms with van der Waals surface area (Å²) in [5.74, 6) is -0.0239. The van der Waals surface area contributed by atoms with Gasteiger partial charge in [-0.1, -0.05) is 13.8 Å². The summed E-state index contributed by atoms with van der Waals surface area (Å²) in [6.45, 7) is 4.24. The Morgan fingerprint density at radius 3 is 2.42 bits per heavy atom. The minimum atomic E-state index is -0.624. The second kappa shape index (κ2) is 6.10. The first kappa shape index (κ1) is 15.6. The first-order valence-corrected chi connectivity index (χ1v) is 7.32. The maximum absolute atomic E-state index is 12.0. The van der Waals surface area contributed by atoms with Crippen LogP contribution in [0.15, 0.2) is 9.59 Å². The summed E-state index contributed by atoms with van der Waals surface area (Å²) < 4.78 is 2.23. The largest absolute Gasteiger partial charge is 0.384 e. The number of carbonyl (C=O) groups is 1. The molecule has 0 saturated carbocycles. The predicted octanol–water partition coefficient (Wildman–Crippen LogP) is 0.331. The van der Waals surface area contributed by atoms with Crippen LogP contribution in [0.25, 0.3) is 0 Å². The molecule has 0 aliphatic heterocycles. The van der Waals surface area contributed by atoms with Crippen molar-refractivity contribution < 1.29 is 4.79 Å². The summed E-state index contributed by atoms with van der Waals surface area (Å²) in [6.07, 6.45) is 1.77. The van der Waals surface area contributed by atoms with Crippen molar-refractivity contribution in [1.82, 2.24) is 9.13 Å². The molecular formula is C12H19N3O3S. The van der Waals surface area contributed by atoms with Crippen LogP contribution in [0.3, 0.4) is 0 Å². The molecule has 0 aliphatic carbocycles. The van der Waals surface area contributed by atoms with Crippen molar-refractivity contribution >= 4 is 23.4 Å². The quantitative estimate of drug-likeness (QED) is 0.788. The Hall–Kier alpha value is -1.50. The molecule has 0 fully saturated rings. The van der Waals surface area contributed by atoms with Gasteiger partial charge in [-0.15, -0.1) is 0 Å². The fourth-order valence-electron chi connectivity index (χ4n) is 1.79. The molecule has 6 nitrogen and oxygen atoms in total. The number of hydrogen-bond acceptors (Lipinski definition) is 5. The average molecular weight is 285 g/mol. The number of rotatable bonds is 5. The molecule has 1 heterocycles. The molecule has 0 amide bonds. The number of nitrogens with zero attached hydrogens (tertiary/aromatic N) is 2. The van der Waals surface area contributed by atoms with E-state index in [9.17, 15) is 14.4 Å². The lowest BCUT2D eigenvalue weighted by atomic mass is 10.2. The van der Waals surface area contributed by atoms with E-state index >= 15 is 0 Å². The van der Waals surface area contributed by atoms with E-state index in [0.29, 0.717) is 6.54 Å². The lowest BCUT2D eigenvalue weighted by Crippen LogP contribution is -2.43. The predicted molar refractivity (Wildman–Crippen MR) is 77.9 cm³/mol. The lowest BCUT2D eigenvalue weighted by molar-refractivity contribution is 0.102. The number of carbonyl (C=O) groups excluding carboxylic acids is 1. The molecule has 106 valence electrons. The van der Waals surface area contributed by atoms with Crippen LogP contribution in [0.1, 0.15) is 24.2 Å². The summed E-state index contributed by atoms with van der Waals surface area (Å²) in [4.78, 5) is 36.0. The number of aromatic nitrogens is 2. The first-order chi connectivity index (χ1) is 8.81. The minimum absolute atomic E-state index is 0.0270. The number of Topliss-reactive ketones (excluding diaryl/α,β-unsaturated/α-hetero) is 1. The molecule has 0 unspecified atom stereocenters. The molecule has 1 rings (SSSR count). The summed E-state index contributed by atoms with van der Waals surface area (Å²) >= 11 is 1.31. The van der Waals surface area contributed by atoms with Gasteiger partial charge in [-0.2, -0.15) is 11.8 Å². The number of anilines is 1. The zero-order valence-electron chi connectivity index (χ0n) is 11.6. The van der Waals surface area contributed by atoms with Crippen LogP contribution in [0.4, 0.5) is 5.82 Å². The second-order valence-corrected chi connectivity index (χ2v) is 5.63. The molecule has 0 atom stereocenters. The highest BCUT2D eigenvalue weighted by atomic mass is 32.2. The van der Waals surface area contributed by atoms with Crippen LogP contribution in [0, 0.1) is 5.92 Å². The Morgan fingerprint density at radius 1 is 1.37 bits per heavy atom. The Labute approximate surface area is 115 Å². The molecule has 0 aromatic carbocycles. The van der Waals surface area contributed by atoms with Gasteiger partial charge in [-0.3, -0.25) is 18.7 Å². The number of thioether (sulfide) groups is 1. The molecule has 7 heteroatoms. The van der Waals surface area contributed by atoms with Crippen LogP contribution < -0.4 is 17.0 Å². The topological polar surface area (TPSA) is 87.1 Å². The van der Waals surface area contributed by atoms with Gasteiger partial charge in [0, 0.05) is 13.6 Å². The Balaban J connectivity index is 3.57. The fourth-order valence-corrected chi connectivity index (χ4v) is 2.20. The van der Waals surface area contributed by atoms with E-state index < -0.39 is 11.2 Å². The number of nitrogens with two attached hydrogens (primary N) is 1. The molecule has 2 N–H and O–H groups in total. The van der Waals surface area contributed by atoms with Gasteiger partial charge in [0.05, 0.1) is 5.75 Å². The normalized spacial score (nSPS) is 11.0. The standard InChI is InChI=1S/C12H19N3O3S/c1-7(2)5-15-10(13)9(8(16)6-19-4)11(17)14(3)12(15)18/h7H,5-6,13H2,1-4H3. The molecular weight excluding hydrogens is 266 g/mol. The van der Waals surface area contributed by atoms with Gasteiger partial charge in [0.1, 0.15) is 11.4 Å². The molecule has 0 spiro atoms. The maximum Gasteiger partial charge on any atom is 0.332 e. The van der Waals surface area contributed by atoms with Gasteiger partial charge in [0.2, 0.25) is 0 Å². The van der Waals surface area contributed by atoms with Gasteiger partial charge < -0.3 is 5.73 Å². The number of ketones is 1. The Morgan fingerprint density at radius 2 is 1.95 bits per heavy atom. The number of nitrogen functional groups attached to an aromatic ring is 1. The third kappa shape index (κ3) is 3.09. The molecule has 19 heavy (non-hydrogen) atoms. The van der Waals surface area contributed by atoms with Crippen molar-refractivity contribution in [2.24, 2.45) is 13.0 Å². The summed E-state index contributed by atoms with van der Waals surface area (Å²) in [7, 11) is 1.36. The Kier molecular flexibility index (Phi) is 4.99. The van der Waals surface area contributed by atoms with E-state index in [-0.39, 0.29) is 28.8 Å². The summed E-state index contributed by atoms with van der Waals surface area (Å²) in [5.41, 5.74) is 4.65. The maximum atomic E-state index is 12.0. The highest BCUT2D eigenvalue weighted by Crippen LogP contribution is 2.10. The van der Waals surface area contributed by atoms with Crippen LogP contribution in [-0.2, 0) is 13.6 Å². The van der Waals surface area contributed by atoms with Crippen molar-refractivity contribution in [3.63, 3.8) is 0 Å². The van der Waals surface area contributed by atoms with Gasteiger partial charge in [-0.05, 0) is 12.2 Å². The zero-order chi connectivity index (χ0) is 14.7. The SMILES string of the molecule is CSCC(=O)c1c(N)n(CC(C)C)c(=O)n(C)c1=O. The fraction of sp³-hybridized carbons (Fsp3) is 0.583. The van der Waals surface area contributed by atoms with Crippen LogP contribution >= 0.6 is 11.8 Å². The highest BCUT2D eigenvalue weighted by Gasteiger charge is 2.21. The van der Waals surface area contributed by atoms with Crippen LogP contribution in [0.5, 0.6) is 0 Å². The van der Waals surface area contributed by atoms with Crippen molar-refractivity contribution in [2.75, 3.05) is 17.7 Å². The van der Waals surface area contributed by atoms with Crippen molar-refractivity contribution in [1.29, 1.82) is 0 Å². The van der Waals surface area contributed by atoms with Crippen LogP contribution in [-0.4, -0.2) is 26.9 Å². The van der Waals surface area contributed by atoms with Crippen molar-refractivity contribution in [3.8, 4) is 0 Å². The monoisotopic (exact) mass is 285 g/mol. The highest BCUT2D eigenvalue weighted by molar-refractivity contribution is 7.99. The smallest absolute Gasteiger partial charge is 0.332 e. The zero-order valence-corrected chi connectivity index (χ0v) is 12.4. The average Bonchev–Trinajstić information content (AvgIpc) is 2.32. The van der Waals surface area contributed by atoms with Gasteiger partial charge in [-0.25, -0.2) is 4.79 Å². The van der Waals surface area contributed by atoms with Crippen molar-refractivity contribution in [2.45, 2.75) is 20.4 Å². The molecule has 1 aromatic rings. The molecule has 0 saturated heterocycles.